The van der Waals surface area contributed by atoms with E-state index in [9.17, 15) is 0 Å². The molecule has 5 rings (SSSR count). The van der Waals surface area contributed by atoms with Crippen LogP contribution in [-0.2, 0) is 6.54 Å². The molecule has 27 heavy (non-hydrogen) atoms. The molecule has 0 amide bonds. The third-order valence-electron chi connectivity index (χ3n) is 5.23. The van der Waals surface area contributed by atoms with Crippen molar-refractivity contribution in [1.82, 2.24) is 14.9 Å². The minimum Gasteiger partial charge on any atom is -0.301 e. The lowest BCUT2D eigenvalue weighted by molar-refractivity contribution is 0.295. The van der Waals surface area contributed by atoms with Gasteiger partial charge in [-0.25, -0.2) is 0 Å². The summed E-state index contributed by atoms with van der Waals surface area (Å²) in [7, 11) is 2.19. The predicted molar refractivity (Wildman–Crippen MR) is 112 cm³/mol. The molecule has 0 saturated heterocycles. The zero-order valence-electron chi connectivity index (χ0n) is 14.9. The van der Waals surface area contributed by atoms with Gasteiger partial charge in [-0.15, -0.1) is 11.3 Å². The van der Waals surface area contributed by atoms with Crippen LogP contribution in [0.3, 0.4) is 0 Å². The van der Waals surface area contributed by atoms with E-state index in [0.29, 0.717) is 5.92 Å². The number of rotatable bonds is 2. The van der Waals surface area contributed by atoms with Gasteiger partial charge in [-0.3, -0.25) is 9.97 Å². The summed E-state index contributed by atoms with van der Waals surface area (Å²) >= 11 is 7.85. The van der Waals surface area contributed by atoms with Crippen molar-refractivity contribution in [2.45, 2.75) is 12.5 Å². The number of likely N-dealkylation sites (N-methyl/N-ethyl adjacent to an activating group) is 1. The molecule has 1 aliphatic rings. The number of hydrogen-bond donors (Lipinski definition) is 0. The average molecular weight is 392 g/mol. The SMILES string of the molecule is CN1Cc2cc(-c3cnccn3)ccc2C(c2ccc3cc(Cl)sc3c2)C1. The van der Waals surface area contributed by atoms with E-state index < -0.39 is 0 Å². The Morgan fingerprint density at radius 3 is 2.89 bits per heavy atom. The molecular formula is C22H18ClN3S. The van der Waals surface area contributed by atoms with Crippen LogP contribution >= 0.6 is 22.9 Å². The Morgan fingerprint density at radius 2 is 2.04 bits per heavy atom. The number of thiophene rings is 1. The number of aromatic nitrogens is 2. The average Bonchev–Trinajstić information content (AvgIpc) is 3.06. The molecular weight excluding hydrogens is 374 g/mol. The Balaban J connectivity index is 1.59. The monoisotopic (exact) mass is 391 g/mol. The van der Waals surface area contributed by atoms with E-state index in [-0.39, 0.29) is 0 Å². The topological polar surface area (TPSA) is 29.0 Å². The minimum absolute atomic E-state index is 0.361. The van der Waals surface area contributed by atoms with Crippen LogP contribution in [0.4, 0.5) is 0 Å². The first kappa shape index (κ1) is 16.9. The first-order chi connectivity index (χ1) is 13.2. The van der Waals surface area contributed by atoms with Crippen LogP contribution in [0.2, 0.25) is 4.34 Å². The molecule has 3 nitrogen and oxygen atoms in total. The Kier molecular flexibility index (Phi) is 4.20. The normalized spacial score (nSPS) is 17.2. The second kappa shape index (κ2) is 6.71. The van der Waals surface area contributed by atoms with E-state index in [1.54, 1.807) is 23.7 Å². The van der Waals surface area contributed by atoms with E-state index in [1.165, 1.54) is 26.8 Å². The molecule has 0 fully saturated rings. The van der Waals surface area contributed by atoms with Gasteiger partial charge in [-0.2, -0.15) is 0 Å². The van der Waals surface area contributed by atoms with Crippen molar-refractivity contribution in [3.8, 4) is 11.3 Å². The number of nitrogens with zero attached hydrogens (tertiary/aromatic N) is 3. The summed E-state index contributed by atoms with van der Waals surface area (Å²) in [5.41, 5.74) is 6.15. The third kappa shape index (κ3) is 3.14. The van der Waals surface area contributed by atoms with Gasteiger partial charge in [-0.05, 0) is 47.3 Å². The molecule has 0 N–H and O–H groups in total. The highest BCUT2D eigenvalue weighted by molar-refractivity contribution is 7.22. The zero-order chi connectivity index (χ0) is 18.4. The molecule has 1 unspecified atom stereocenters. The fraction of sp³-hybridized carbons (Fsp3) is 0.182. The van der Waals surface area contributed by atoms with Gasteiger partial charge in [0.25, 0.3) is 0 Å². The van der Waals surface area contributed by atoms with E-state index in [1.807, 2.05) is 12.3 Å². The van der Waals surface area contributed by atoms with Gasteiger partial charge in [-0.1, -0.05) is 35.9 Å². The summed E-state index contributed by atoms with van der Waals surface area (Å²) in [6.45, 7) is 1.97. The van der Waals surface area contributed by atoms with Crippen LogP contribution in [0.15, 0.2) is 61.1 Å². The lowest BCUT2D eigenvalue weighted by Crippen LogP contribution is -2.31. The quantitative estimate of drug-likeness (QED) is 0.446. The molecule has 1 atom stereocenters. The first-order valence-electron chi connectivity index (χ1n) is 8.94. The zero-order valence-corrected chi connectivity index (χ0v) is 16.5. The maximum Gasteiger partial charge on any atom is 0.0940 e. The molecule has 5 heteroatoms. The first-order valence-corrected chi connectivity index (χ1v) is 10.1. The maximum absolute atomic E-state index is 6.20. The van der Waals surface area contributed by atoms with Gasteiger partial charge in [0.1, 0.15) is 0 Å². The highest BCUT2D eigenvalue weighted by Crippen LogP contribution is 2.38. The lowest BCUT2D eigenvalue weighted by Gasteiger charge is -2.33. The molecule has 2 aromatic carbocycles. The van der Waals surface area contributed by atoms with Crippen LogP contribution in [0.1, 0.15) is 22.6 Å². The van der Waals surface area contributed by atoms with Crippen molar-refractivity contribution in [2.75, 3.05) is 13.6 Å². The van der Waals surface area contributed by atoms with Gasteiger partial charge < -0.3 is 4.90 Å². The second-order valence-corrected chi connectivity index (χ2v) is 8.82. The van der Waals surface area contributed by atoms with Gasteiger partial charge in [0.15, 0.2) is 0 Å². The Bertz CT molecular complexity index is 1120. The standard InChI is InChI=1S/C22H18ClN3S/c1-26-12-17-8-15(20-11-24-6-7-25-20)4-5-18(17)19(13-26)14-2-3-16-10-22(23)27-21(16)9-14/h2-11,19H,12-13H2,1H3. The molecule has 2 aromatic heterocycles. The minimum atomic E-state index is 0.361. The molecule has 0 bridgehead atoms. The van der Waals surface area contributed by atoms with Crippen molar-refractivity contribution >= 4 is 33.0 Å². The fourth-order valence-electron chi connectivity index (χ4n) is 3.97. The van der Waals surface area contributed by atoms with Crippen molar-refractivity contribution < 1.29 is 0 Å². The Hall–Kier alpha value is -2.27. The van der Waals surface area contributed by atoms with Gasteiger partial charge >= 0.3 is 0 Å². The summed E-state index contributed by atoms with van der Waals surface area (Å²) in [6.07, 6.45) is 5.27. The largest absolute Gasteiger partial charge is 0.301 e. The third-order valence-corrected chi connectivity index (χ3v) is 6.46. The number of fused-ring (bicyclic) bond motifs is 2. The number of hydrogen-bond acceptors (Lipinski definition) is 4. The summed E-state index contributed by atoms with van der Waals surface area (Å²) in [6, 6.07) is 15.5. The van der Waals surface area contributed by atoms with E-state index >= 15 is 0 Å². The summed E-state index contributed by atoms with van der Waals surface area (Å²) in [4.78, 5) is 11.0. The highest BCUT2D eigenvalue weighted by Gasteiger charge is 2.25. The summed E-state index contributed by atoms with van der Waals surface area (Å²) in [5.74, 6) is 0.361. The van der Waals surface area contributed by atoms with Gasteiger partial charge in [0, 0.05) is 41.7 Å². The summed E-state index contributed by atoms with van der Waals surface area (Å²) < 4.78 is 2.10. The smallest absolute Gasteiger partial charge is 0.0940 e. The van der Waals surface area contributed by atoms with Crippen molar-refractivity contribution in [3.05, 3.63) is 82.1 Å². The van der Waals surface area contributed by atoms with E-state index in [4.69, 9.17) is 11.6 Å². The number of benzene rings is 2. The van der Waals surface area contributed by atoms with Crippen molar-refractivity contribution in [1.29, 1.82) is 0 Å². The number of halogens is 1. The Labute approximate surface area is 167 Å². The lowest BCUT2D eigenvalue weighted by atomic mass is 9.84. The maximum atomic E-state index is 6.20. The van der Waals surface area contributed by atoms with Crippen LogP contribution in [0.5, 0.6) is 0 Å². The van der Waals surface area contributed by atoms with Crippen LogP contribution < -0.4 is 0 Å². The molecule has 4 aromatic rings. The van der Waals surface area contributed by atoms with Gasteiger partial charge in [0.05, 0.1) is 16.2 Å². The van der Waals surface area contributed by atoms with E-state index in [2.05, 4.69) is 58.3 Å². The summed E-state index contributed by atoms with van der Waals surface area (Å²) in [5, 5.41) is 1.22. The molecule has 3 heterocycles. The van der Waals surface area contributed by atoms with Crippen LogP contribution in [-0.4, -0.2) is 28.5 Å². The molecule has 1 aliphatic heterocycles. The second-order valence-electron chi connectivity index (χ2n) is 7.10. The highest BCUT2D eigenvalue weighted by atomic mass is 35.5. The molecule has 0 spiro atoms. The van der Waals surface area contributed by atoms with Crippen molar-refractivity contribution in [2.24, 2.45) is 0 Å². The van der Waals surface area contributed by atoms with E-state index in [0.717, 1.165) is 28.7 Å². The predicted octanol–water partition coefficient (Wildman–Crippen LogP) is 5.59. The molecule has 0 aliphatic carbocycles. The molecule has 134 valence electrons. The van der Waals surface area contributed by atoms with Crippen LogP contribution in [0.25, 0.3) is 21.3 Å². The van der Waals surface area contributed by atoms with Gasteiger partial charge in [0.2, 0.25) is 0 Å². The van der Waals surface area contributed by atoms with Crippen molar-refractivity contribution in [3.63, 3.8) is 0 Å². The molecule has 0 saturated carbocycles. The Morgan fingerprint density at radius 1 is 1.11 bits per heavy atom. The fourth-order valence-corrected chi connectivity index (χ4v) is 5.18. The molecule has 0 radical (unpaired) electrons. The van der Waals surface area contributed by atoms with Crippen LogP contribution in [0, 0.1) is 0 Å².